The topological polar surface area (TPSA) is 93.7 Å². The van der Waals surface area contributed by atoms with Crippen LogP contribution < -0.4 is 19.5 Å². The average Bonchev–Trinajstić information content (AvgIpc) is 2.59. The number of para-hydroxylation sites is 3. The van der Waals surface area contributed by atoms with Crippen molar-refractivity contribution < 1.29 is 22.7 Å². The van der Waals surface area contributed by atoms with Crippen LogP contribution in [-0.4, -0.2) is 33.1 Å². The first-order valence-electron chi connectivity index (χ1n) is 8.90. The van der Waals surface area contributed by atoms with Crippen molar-refractivity contribution in [2.45, 2.75) is 38.1 Å². The van der Waals surface area contributed by atoms with E-state index in [0.717, 1.165) is 0 Å². The first-order chi connectivity index (χ1) is 13.1. The Morgan fingerprint density at radius 2 is 1.54 bits per heavy atom. The Morgan fingerprint density at radius 3 is 2.14 bits per heavy atom. The fourth-order valence-electron chi connectivity index (χ4n) is 2.44. The van der Waals surface area contributed by atoms with Gasteiger partial charge in [0.05, 0.1) is 12.3 Å². The summed E-state index contributed by atoms with van der Waals surface area (Å²) >= 11 is 0. The molecule has 0 aliphatic heterocycles. The lowest BCUT2D eigenvalue weighted by Gasteiger charge is -2.21. The summed E-state index contributed by atoms with van der Waals surface area (Å²) in [6.07, 6.45) is 0. The minimum atomic E-state index is -3.80. The van der Waals surface area contributed by atoms with Gasteiger partial charge in [-0.05, 0) is 52.0 Å². The highest BCUT2D eigenvalue weighted by Gasteiger charge is 2.25. The third-order valence-electron chi connectivity index (χ3n) is 3.40. The van der Waals surface area contributed by atoms with Crippen LogP contribution in [0.15, 0.2) is 53.4 Å². The summed E-state index contributed by atoms with van der Waals surface area (Å²) in [5.74, 6) is 0.495. The number of hydrogen-bond acceptors (Lipinski definition) is 5. The van der Waals surface area contributed by atoms with E-state index in [-0.39, 0.29) is 17.2 Å². The Labute approximate surface area is 166 Å². The summed E-state index contributed by atoms with van der Waals surface area (Å²) in [6, 6.07) is 13.2. The van der Waals surface area contributed by atoms with Gasteiger partial charge in [-0.2, -0.15) is 0 Å². The molecule has 0 unspecified atom stereocenters. The minimum absolute atomic E-state index is 0.00649. The van der Waals surface area contributed by atoms with Gasteiger partial charge in [0, 0.05) is 5.54 Å². The molecule has 0 aliphatic rings. The molecular formula is C20H26N2O5S. The molecule has 0 radical (unpaired) electrons. The maximum Gasteiger partial charge on any atom is 0.262 e. The molecule has 2 aromatic rings. The van der Waals surface area contributed by atoms with Gasteiger partial charge in [-0.1, -0.05) is 24.3 Å². The number of anilines is 1. The number of amides is 1. The predicted octanol–water partition coefficient (Wildman–Crippen LogP) is 3.18. The van der Waals surface area contributed by atoms with Crippen LogP contribution in [0.4, 0.5) is 5.69 Å². The lowest BCUT2D eigenvalue weighted by molar-refractivity contribution is -0.118. The van der Waals surface area contributed by atoms with Crippen LogP contribution in [0.3, 0.4) is 0 Å². The molecule has 0 atom stereocenters. The number of carbonyl (C=O) groups is 1. The Balaban J connectivity index is 2.11. The van der Waals surface area contributed by atoms with Gasteiger partial charge < -0.3 is 14.8 Å². The Bertz CT molecular complexity index is 920. The number of sulfonamides is 1. The molecule has 2 rings (SSSR count). The highest BCUT2D eigenvalue weighted by Crippen LogP contribution is 2.26. The van der Waals surface area contributed by atoms with E-state index < -0.39 is 21.5 Å². The number of carbonyl (C=O) groups excluding carboxylic acids is 1. The maximum absolute atomic E-state index is 12.6. The number of nitrogens with one attached hydrogen (secondary N) is 2. The van der Waals surface area contributed by atoms with Crippen LogP contribution in [0.2, 0.25) is 0 Å². The van der Waals surface area contributed by atoms with E-state index in [2.05, 4.69) is 10.0 Å². The summed E-state index contributed by atoms with van der Waals surface area (Å²) in [6.45, 7) is 7.27. The van der Waals surface area contributed by atoms with Gasteiger partial charge in [0.25, 0.3) is 5.91 Å². The fraction of sp³-hybridized carbons (Fsp3) is 0.350. The zero-order chi connectivity index (χ0) is 20.8. The second-order valence-corrected chi connectivity index (χ2v) is 8.72. The monoisotopic (exact) mass is 406 g/mol. The van der Waals surface area contributed by atoms with E-state index in [4.69, 9.17) is 9.47 Å². The lowest BCUT2D eigenvalue weighted by atomic mass is 10.1. The second kappa shape index (κ2) is 9.07. The third-order valence-corrected chi connectivity index (χ3v) is 5.22. The predicted molar refractivity (Wildman–Crippen MR) is 108 cm³/mol. The molecule has 0 saturated carbocycles. The van der Waals surface area contributed by atoms with E-state index in [1.165, 1.54) is 12.1 Å². The highest BCUT2D eigenvalue weighted by molar-refractivity contribution is 7.89. The van der Waals surface area contributed by atoms with Gasteiger partial charge in [-0.25, -0.2) is 13.1 Å². The van der Waals surface area contributed by atoms with Crippen molar-refractivity contribution in [1.29, 1.82) is 0 Å². The molecular weight excluding hydrogens is 380 g/mol. The number of rotatable bonds is 8. The molecule has 8 heteroatoms. The zero-order valence-electron chi connectivity index (χ0n) is 16.5. The molecule has 2 aromatic carbocycles. The van der Waals surface area contributed by atoms with Gasteiger partial charge in [0.2, 0.25) is 10.0 Å². The number of hydrogen-bond donors (Lipinski definition) is 2. The van der Waals surface area contributed by atoms with Crippen LogP contribution in [0.5, 0.6) is 11.5 Å². The van der Waals surface area contributed by atoms with Crippen LogP contribution in [0.1, 0.15) is 27.7 Å². The molecule has 0 heterocycles. The standard InChI is InChI=1S/C20H26N2O5S/c1-5-26-16-11-7-8-12-17(16)27-14-19(23)21-15-10-6-9-13-18(15)28(24,25)22-20(2,3)4/h6-13,22H,5,14H2,1-4H3,(H,21,23). The zero-order valence-corrected chi connectivity index (χ0v) is 17.3. The molecule has 28 heavy (non-hydrogen) atoms. The molecule has 7 nitrogen and oxygen atoms in total. The van der Waals surface area contributed by atoms with Gasteiger partial charge in [-0.3, -0.25) is 4.79 Å². The van der Waals surface area contributed by atoms with E-state index >= 15 is 0 Å². The van der Waals surface area contributed by atoms with E-state index in [1.807, 2.05) is 6.92 Å². The van der Waals surface area contributed by atoms with Crippen molar-refractivity contribution in [2.24, 2.45) is 0 Å². The van der Waals surface area contributed by atoms with Crippen molar-refractivity contribution >= 4 is 21.6 Å². The summed E-state index contributed by atoms with van der Waals surface area (Å²) in [7, 11) is -3.80. The Kier molecular flexibility index (Phi) is 7.04. The first-order valence-corrected chi connectivity index (χ1v) is 10.4. The lowest BCUT2D eigenvalue weighted by Crippen LogP contribution is -2.40. The average molecular weight is 407 g/mol. The van der Waals surface area contributed by atoms with Gasteiger partial charge in [0.1, 0.15) is 4.90 Å². The molecule has 0 aliphatic carbocycles. The molecule has 0 aromatic heterocycles. The summed E-state index contributed by atoms with van der Waals surface area (Å²) in [4.78, 5) is 12.3. The van der Waals surface area contributed by atoms with Crippen LogP contribution in [0, 0.1) is 0 Å². The largest absolute Gasteiger partial charge is 0.490 e. The van der Waals surface area contributed by atoms with Crippen molar-refractivity contribution in [3.63, 3.8) is 0 Å². The van der Waals surface area contributed by atoms with Crippen LogP contribution in [0.25, 0.3) is 0 Å². The molecule has 0 saturated heterocycles. The van der Waals surface area contributed by atoms with Crippen LogP contribution >= 0.6 is 0 Å². The molecule has 152 valence electrons. The van der Waals surface area contributed by atoms with Gasteiger partial charge in [-0.15, -0.1) is 0 Å². The molecule has 0 spiro atoms. The maximum atomic E-state index is 12.6. The Hall–Kier alpha value is -2.58. The van der Waals surface area contributed by atoms with Crippen molar-refractivity contribution in [3.05, 3.63) is 48.5 Å². The SMILES string of the molecule is CCOc1ccccc1OCC(=O)Nc1ccccc1S(=O)(=O)NC(C)(C)C. The Morgan fingerprint density at radius 1 is 0.964 bits per heavy atom. The molecule has 2 N–H and O–H groups in total. The second-order valence-electron chi connectivity index (χ2n) is 7.07. The molecule has 0 fully saturated rings. The normalized spacial score (nSPS) is 11.7. The van der Waals surface area contributed by atoms with Crippen molar-refractivity contribution in [1.82, 2.24) is 4.72 Å². The van der Waals surface area contributed by atoms with Crippen molar-refractivity contribution in [2.75, 3.05) is 18.5 Å². The van der Waals surface area contributed by atoms with E-state index in [0.29, 0.717) is 18.1 Å². The summed E-state index contributed by atoms with van der Waals surface area (Å²) in [5, 5.41) is 2.60. The quantitative estimate of drug-likeness (QED) is 0.702. The third kappa shape index (κ3) is 6.24. The minimum Gasteiger partial charge on any atom is -0.490 e. The fourth-order valence-corrected chi connectivity index (χ4v) is 4.02. The van der Waals surface area contributed by atoms with Crippen molar-refractivity contribution in [3.8, 4) is 11.5 Å². The van der Waals surface area contributed by atoms with Gasteiger partial charge >= 0.3 is 0 Å². The van der Waals surface area contributed by atoms with Crippen LogP contribution in [-0.2, 0) is 14.8 Å². The smallest absolute Gasteiger partial charge is 0.262 e. The number of benzene rings is 2. The van der Waals surface area contributed by atoms with E-state index in [9.17, 15) is 13.2 Å². The van der Waals surface area contributed by atoms with E-state index in [1.54, 1.807) is 57.2 Å². The van der Waals surface area contributed by atoms with Gasteiger partial charge in [0.15, 0.2) is 18.1 Å². The molecule has 0 bridgehead atoms. The first kappa shape index (κ1) is 21.7. The number of ether oxygens (including phenoxy) is 2. The molecule has 1 amide bonds. The summed E-state index contributed by atoms with van der Waals surface area (Å²) in [5.41, 5.74) is -0.465. The highest BCUT2D eigenvalue weighted by atomic mass is 32.2. The summed E-state index contributed by atoms with van der Waals surface area (Å²) < 4.78 is 38.8.